The summed E-state index contributed by atoms with van der Waals surface area (Å²) in [6, 6.07) is 12.3. The van der Waals surface area contributed by atoms with Crippen molar-refractivity contribution in [2.45, 2.75) is 13.0 Å². The monoisotopic (exact) mass is 297 g/mol. The summed E-state index contributed by atoms with van der Waals surface area (Å²) in [5.74, 6) is -0.413. The summed E-state index contributed by atoms with van der Waals surface area (Å²) in [4.78, 5) is 0. The van der Waals surface area contributed by atoms with Crippen molar-refractivity contribution < 1.29 is 4.39 Å². The van der Waals surface area contributed by atoms with Gasteiger partial charge < -0.3 is 5.32 Å². The third-order valence-electron chi connectivity index (χ3n) is 2.87. The molecule has 1 atom stereocenters. The molecule has 0 aliphatic rings. The molecular weight excluding hydrogens is 284 g/mol. The molecule has 1 N–H and O–H groups in total. The van der Waals surface area contributed by atoms with Gasteiger partial charge >= 0.3 is 0 Å². The molecule has 0 heterocycles. The number of hydrogen-bond acceptors (Lipinski definition) is 1. The molecule has 0 bridgehead atoms. The van der Waals surface area contributed by atoms with Gasteiger partial charge in [0, 0.05) is 5.02 Å². The van der Waals surface area contributed by atoms with Crippen molar-refractivity contribution in [3.05, 3.63) is 69.5 Å². The lowest BCUT2D eigenvalue weighted by Crippen LogP contribution is -2.22. The van der Waals surface area contributed by atoms with Gasteiger partial charge in [0.15, 0.2) is 0 Å². The standard InChI is InChI=1S/C15H14Cl2FN/c1-2-19-15(10-4-3-5-12(16)8-10)11-6-7-13(17)14(18)9-11/h3-9,15,19H,2H2,1H3. The SMILES string of the molecule is CCNC(c1cccc(Cl)c1)c1ccc(Cl)c(F)c1. The van der Waals surface area contributed by atoms with Gasteiger partial charge in [-0.3, -0.25) is 0 Å². The summed E-state index contributed by atoms with van der Waals surface area (Å²) in [5.41, 5.74) is 1.82. The van der Waals surface area contributed by atoms with Crippen LogP contribution in [-0.2, 0) is 0 Å². The van der Waals surface area contributed by atoms with Crippen molar-refractivity contribution in [3.63, 3.8) is 0 Å². The summed E-state index contributed by atoms with van der Waals surface area (Å²) in [5, 5.41) is 4.11. The summed E-state index contributed by atoms with van der Waals surface area (Å²) < 4.78 is 13.6. The molecule has 0 saturated carbocycles. The van der Waals surface area contributed by atoms with Crippen molar-refractivity contribution in [2.24, 2.45) is 0 Å². The van der Waals surface area contributed by atoms with E-state index in [0.29, 0.717) is 5.02 Å². The van der Waals surface area contributed by atoms with Gasteiger partial charge in [-0.05, 0) is 41.9 Å². The van der Waals surface area contributed by atoms with Gasteiger partial charge in [-0.25, -0.2) is 4.39 Å². The second-order valence-corrected chi connectivity index (χ2v) is 5.06. The minimum Gasteiger partial charge on any atom is -0.307 e. The quantitative estimate of drug-likeness (QED) is 0.852. The molecule has 1 unspecified atom stereocenters. The number of nitrogens with one attached hydrogen (secondary N) is 1. The fourth-order valence-corrected chi connectivity index (χ4v) is 2.33. The summed E-state index contributed by atoms with van der Waals surface area (Å²) in [7, 11) is 0. The Morgan fingerprint density at radius 2 is 1.84 bits per heavy atom. The smallest absolute Gasteiger partial charge is 0.142 e. The lowest BCUT2D eigenvalue weighted by molar-refractivity contribution is 0.603. The van der Waals surface area contributed by atoms with E-state index in [9.17, 15) is 4.39 Å². The van der Waals surface area contributed by atoms with Crippen molar-refractivity contribution in [1.82, 2.24) is 5.32 Å². The van der Waals surface area contributed by atoms with Gasteiger partial charge in [0.25, 0.3) is 0 Å². The molecule has 0 radical (unpaired) electrons. The molecule has 100 valence electrons. The van der Waals surface area contributed by atoms with E-state index in [4.69, 9.17) is 23.2 Å². The Kier molecular flexibility index (Phi) is 4.81. The Hall–Kier alpha value is -1.09. The molecule has 0 amide bonds. The highest BCUT2D eigenvalue weighted by Gasteiger charge is 2.14. The van der Waals surface area contributed by atoms with Crippen LogP contribution in [0.1, 0.15) is 24.1 Å². The molecule has 0 aromatic heterocycles. The predicted molar refractivity (Wildman–Crippen MR) is 78.4 cm³/mol. The normalized spacial score (nSPS) is 12.4. The predicted octanol–water partition coefficient (Wildman–Crippen LogP) is 4.83. The van der Waals surface area contributed by atoms with E-state index in [-0.39, 0.29) is 11.1 Å². The van der Waals surface area contributed by atoms with Crippen LogP contribution in [0.3, 0.4) is 0 Å². The number of rotatable bonds is 4. The number of halogens is 3. The Morgan fingerprint density at radius 3 is 2.47 bits per heavy atom. The maximum atomic E-state index is 13.6. The first-order valence-corrected chi connectivity index (χ1v) is 6.81. The molecule has 2 aromatic carbocycles. The van der Waals surface area contributed by atoms with Crippen molar-refractivity contribution in [1.29, 1.82) is 0 Å². The maximum Gasteiger partial charge on any atom is 0.142 e. The van der Waals surface area contributed by atoms with Gasteiger partial charge in [-0.15, -0.1) is 0 Å². The Balaban J connectivity index is 2.42. The average Bonchev–Trinajstić information content (AvgIpc) is 2.39. The molecular formula is C15H14Cl2FN. The van der Waals surface area contributed by atoms with Crippen LogP contribution in [0.25, 0.3) is 0 Å². The molecule has 0 fully saturated rings. The fraction of sp³-hybridized carbons (Fsp3) is 0.200. The van der Waals surface area contributed by atoms with Gasteiger partial charge in [-0.2, -0.15) is 0 Å². The fourth-order valence-electron chi connectivity index (χ4n) is 2.01. The van der Waals surface area contributed by atoms with Gasteiger partial charge in [-0.1, -0.05) is 48.3 Å². The lowest BCUT2D eigenvalue weighted by atomic mass is 9.98. The molecule has 0 aliphatic heterocycles. The van der Waals surface area contributed by atoms with Crippen LogP contribution < -0.4 is 5.32 Å². The average molecular weight is 298 g/mol. The van der Waals surface area contributed by atoms with Crippen LogP contribution >= 0.6 is 23.2 Å². The Morgan fingerprint density at radius 1 is 1.11 bits per heavy atom. The minimum absolute atomic E-state index is 0.101. The third-order valence-corrected chi connectivity index (χ3v) is 3.41. The highest BCUT2D eigenvalue weighted by molar-refractivity contribution is 6.31. The number of hydrogen-bond donors (Lipinski definition) is 1. The maximum absolute atomic E-state index is 13.6. The van der Waals surface area contributed by atoms with Gasteiger partial charge in [0.05, 0.1) is 11.1 Å². The highest BCUT2D eigenvalue weighted by Crippen LogP contribution is 2.27. The van der Waals surface area contributed by atoms with E-state index < -0.39 is 5.82 Å². The summed E-state index contributed by atoms with van der Waals surface area (Å²) >= 11 is 11.7. The van der Waals surface area contributed by atoms with Crippen LogP contribution in [0, 0.1) is 5.82 Å². The largest absolute Gasteiger partial charge is 0.307 e. The molecule has 2 aromatic rings. The zero-order valence-electron chi connectivity index (χ0n) is 10.5. The molecule has 0 aliphatic carbocycles. The summed E-state index contributed by atoms with van der Waals surface area (Å²) in [6.07, 6.45) is 0. The zero-order valence-corrected chi connectivity index (χ0v) is 12.0. The second kappa shape index (κ2) is 6.38. The zero-order chi connectivity index (χ0) is 13.8. The molecule has 0 saturated heterocycles. The number of benzene rings is 2. The van der Waals surface area contributed by atoms with Crippen molar-refractivity contribution in [3.8, 4) is 0 Å². The first-order valence-electron chi connectivity index (χ1n) is 6.05. The Bertz CT molecular complexity index is 572. The third kappa shape index (κ3) is 3.47. The van der Waals surface area contributed by atoms with Crippen LogP contribution in [0.4, 0.5) is 4.39 Å². The van der Waals surface area contributed by atoms with Crippen LogP contribution in [0.2, 0.25) is 10.0 Å². The summed E-state index contributed by atoms with van der Waals surface area (Å²) in [6.45, 7) is 2.77. The Labute approximate surface area is 122 Å². The van der Waals surface area contributed by atoms with Crippen LogP contribution in [-0.4, -0.2) is 6.54 Å². The van der Waals surface area contributed by atoms with Crippen molar-refractivity contribution >= 4 is 23.2 Å². The lowest BCUT2D eigenvalue weighted by Gasteiger charge is -2.19. The first kappa shape index (κ1) is 14.3. The van der Waals surface area contributed by atoms with Gasteiger partial charge in [0.2, 0.25) is 0 Å². The van der Waals surface area contributed by atoms with E-state index in [1.54, 1.807) is 6.07 Å². The van der Waals surface area contributed by atoms with E-state index in [1.807, 2.05) is 37.3 Å². The van der Waals surface area contributed by atoms with Crippen LogP contribution in [0.15, 0.2) is 42.5 Å². The first-order chi connectivity index (χ1) is 9.11. The topological polar surface area (TPSA) is 12.0 Å². The van der Waals surface area contributed by atoms with E-state index in [2.05, 4.69) is 5.32 Å². The molecule has 2 rings (SSSR count). The van der Waals surface area contributed by atoms with Gasteiger partial charge in [0.1, 0.15) is 5.82 Å². The second-order valence-electron chi connectivity index (χ2n) is 4.22. The van der Waals surface area contributed by atoms with E-state index in [0.717, 1.165) is 17.7 Å². The van der Waals surface area contributed by atoms with E-state index >= 15 is 0 Å². The van der Waals surface area contributed by atoms with Crippen molar-refractivity contribution in [2.75, 3.05) is 6.54 Å². The highest BCUT2D eigenvalue weighted by atomic mass is 35.5. The molecule has 0 spiro atoms. The molecule has 1 nitrogen and oxygen atoms in total. The van der Waals surface area contributed by atoms with E-state index in [1.165, 1.54) is 6.07 Å². The van der Waals surface area contributed by atoms with Crippen LogP contribution in [0.5, 0.6) is 0 Å². The molecule has 4 heteroatoms. The molecule has 19 heavy (non-hydrogen) atoms. The minimum atomic E-state index is -0.413.